The van der Waals surface area contributed by atoms with Crippen molar-refractivity contribution in [2.45, 2.75) is 33.2 Å². The third-order valence-corrected chi connectivity index (χ3v) is 7.05. The van der Waals surface area contributed by atoms with Crippen LogP contribution in [0.1, 0.15) is 23.1 Å². The Morgan fingerprint density at radius 3 is 2.24 bits per heavy atom. The van der Waals surface area contributed by atoms with E-state index in [9.17, 15) is 21.6 Å². The van der Waals surface area contributed by atoms with Crippen LogP contribution in [0, 0.1) is 20.8 Å². The largest absolute Gasteiger partial charge is 0.351 e. The molecule has 1 aliphatic heterocycles. The van der Waals surface area contributed by atoms with Gasteiger partial charge in [-0.25, -0.2) is 16.8 Å². The number of nitrogens with zero attached hydrogens (tertiary/aromatic N) is 1. The number of benzene rings is 1. The molecule has 0 aliphatic carbocycles. The summed E-state index contributed by atoms with van der Waals surface area (Å²) < 4.78 is 48.6. The zero-order valence-corrected chi connectivity index (χ0v) is 16.5. The van der Waals surface area contributed by atoms with E-state index < -0.39 is 31.8 Å². The molecule has 1 aromatic rings. The van der Waals surface area contributed by atoms with E-state index >= 15 is 0 Å². The summed E-state index contributed by atoms with van der Waals surface area (Å²) in [5.41, 5.74) is 3.02. The molecular weight excluding hydrogens is 364 g/mol. The summed E-state index contributed by atoms with van der Waals surface area (Å²) in [6, 6.07) is 3.27. The van der Waals surface area contributed by atoms with Crippen LogP contribution in [0.15, 0.2) is 12.1 Å². The summed E-state index contributed by atoms with van der Waals surface area (Å²) in [6.45, 7) is 5.14. The second kappa shape index (κ2) is 6.95. The van der Waals surface area contributed by atoms with Crippen molar-refractivity contribution in [1.29, 1.82) is 0 Å². The number of sulfone groups is 1. The fourth-order valence-corrected chi connectivity index (χ4v) is 5.89. The Morgan fingerprint density at radius 2 is 1.80 bits per heavy atom. The monoisotopic (exact) mass is 388 g/mol. The predicted molar refractivity (Wildman–Crippen MR) is 98.0 cm³/mol. The van der Waals surface area contributed by atoms with Crippen LogP contribution in [0.3, 0.4) is 0 Å². The first kappa shape index (κ1) is 19.7. The van der Waals surface area contributed by atoms with Gasteiger partial charge in [-0.2, -0.15) is 0 Å². The average molecular weight is 389 g/mol. The molecule has 0 radical (unpaired) electrons. The fourth-order valence-electron chi connectivity index (χ4n) is 3.24. The maximum Gasteiger partial charge on any atom is 0.241 e. The van der Waals surface area contributed by atoms with Gasteiger partial charge in [0.05, 0.1) is 23.4 Å². The summed E-state index contributed by atoms with van der Waals surface area (Å²) in [7, 11) is -6.79. The molecule has 1 aromatic carbocycles. The topological polar surface area (TPSA) is 101 Å². The highest BCUT2D eigenvalue weighted by Gasteiger charge is 2.30. The summed E-state index contributed by atoms with van der Waals surface area (Å²) in [4.78, 5) is 12.3. The molecule has 25 heavy (non-hydrogen) atoms. The van der Waals surface area contributed by atoms with E-state index in [0.717, 1.165) is 27.3 Å². The highest BCUT2D eigenvalue weighted by atomic mass is 32.2. The van der Waals surface area contributed by atoms with Crippen LogP contribution in [-0.2, 0) is 24.7 Å². The van der Waals surface area contributed by atoms with Gasteiger partial charge >= 0.3 is 0 Å². The number of carbonyl (C=O) groups is 1. The first-order chi connectivity index (χ1) is 11.4. The summed E-state index contributed by atoms with van der Waals surface area (Å²) in [5, 5.41) is 2.63. The number of sulfonamides is 1. The molecule has 1 fully saturated rings. The van der Waals surface area contributed by atoms with Gasteiger partial charge in [0, 0.05) is 6.04 Å². The number of anilines is 1. The molecule has 9 heteroatoms. The van der Waals surface area contributed by atoms with Crippen molar-refractivity contribution in [3.63, 3.8) is 0 Å². The van der Waals surface area contributed by atoms with Crippen LogP contribution in [0.2, 0.25) is 0 Å². The van der Waals surface area contributed by atoms with Crippen molar-refractivity contribution in [2.75, 3.05) is 28.6 Å². The Labute approximate surface area is 149 Å². The maximum atomic E-state index is 12.3. The zero-order valence-electron chi connectivity index (χ0n) is 14.9. The smallest absolute Gasteiger partial charge is 0.241 e. The Balaban J connectivity index is 2.24. The Hall–Kier alpha value is -1.61. The maximum absolute atomic E-state index is 12.3. The number of carbonyl (C=O) groups excluding carboxylic acids is 1. The number of aryl methyl sites for hydroxylation is 3. The van der Waals surface area contributed by atoms with Crippen LogP contribution in [0.4, 0.5) is 5.69 Å². The summed E-state index contributed by atoms with van der Waals surface area (Å²) >= 11 is 0. The van der Waals surface area contributed by atoms with Gasteiger partial charge in [0.1, 0.15) is 6.54 Å². The molecule has 0 spiro atoms. The SMILES string of the molecule is Cc1cc(C)c(N(CC(=O)NC2CCS(=O)(=O)C2)S(C)(=O)=O)c(C)c1. The highest BCUT2D eigenvalue weighted by Crippen LogP contribution is 2.28. The minimum atomic E-state index is -3.67. The van der Waals surface area contributed by atoms with Crippen molar-refractivity contribution in [3.8, 4) is 0 Å². The van der Waals surface area contributed by atoms with Gasteiger partial charge in [-0.3, -0.25) is 9.10 Å². The van der Waals surface area contributed by atoms with E-state index in [0.29, 0.717) is 12.1 Å². The van der Waals surface area contributed by atoms with E-state index in [1.54, 1.807) is 13.8 Å². The van der Waals surface area contributed by atoms with Crippen LogP contribution in [-0.4, -0.2) is 53.1 Å². The molecule has 2 rings (SSSR count). The van der Waals surface area contributed by atoms with Crippen molar-refractivity contribution in [1.82, 2.24) is 5.32 Å². The summed E-state index contributed by atoms with van der Waals surface area (Å²) in [6.07, 6.45) is 1.41. The quantitative estimate of drug-likeness (QED) is 0.799. The Morgan fingerprint density at radius 1 is 1.24 bits per heavy atom. The van der Waals surface area contributed by atoms with Gasteiger partial charge in [0.2, 0.25) is 15.9 Å². The lowest BCUT2D eigenvalue weighted by Gasteiger charge is -2.26. The minimum absolute atomic E-state index is 0.0456. The molecule has 0 bridgehead atoms. The molecule has 0 saturated carbocycles. The second-order valence-corrected chi connectivity index (χ2v) is 10.8. The van der Waals surface area contributed by atoms with Crippen LogP contribution in [0.5, 0.6) is 0 Å². The molecule has 1 atom stereocenters. The average Bonchev–Trinajstić information content (AvgIpc) is 2.74. The lowest BCUT2D eigenvalue weighted by Crippen LogP contribution is -2.44. The molecule has 0 aromatic heterocycles. The van der Waals surface area contributed by atoms with Gasteiger partial charge in [0.15, 0.2) is 9.84 Å². The van der Waals surface area contributed by atoms with Crippen molar-refractivity contribution >= 4 is 31.5 Å². The van der Waals surface area contributed by atoms with Crippen LogP contribution >= 0.6 is 0 Å². The van der Waals surface area contributed by atoms with Crippen molar-refractivity contribution in [2.24, 2.45) is 0 Å². The molecule has 140 valence electrons. The number of nitrogens with one attached hydrogen (secondary N) is 1. The first-order valence-corrected chi connectivity index (χ1v) is 11.6. The number of hydrogen-bond acceptors (Lipinski definition) is 5. The first-order valence-electron chi connectivity index (χ1n) is 7.94. The zero-order chi connectivity index (χ0) is 19.0. The molecule has 1 aliphatic rings. The Bertz CT molecular complexity index is 868. The third kappa shape index (κ3) is 4.94. The number of hydrogen-bond donors (Lipinski definition) is 1. The standard InChI is InChI=1S/C16H24N2O5S2/c1-11-7-12(2)16(13(3)8-11)18(24(4,20)21)9-15(19)17-14-5-6-25(22,23)10-14/h7-8,14H,5-6,9-10H2,1-4H3,(H,17,19). The van der Waals surface area contributed by atoms with E-state index in [1.807, 2.05) is 19.1 Å². The third-order valence-electron chi connectivity index (χ3n) is 4.17. The molecule has 1 heterocycles. The molecular formula is C16H24N2O5S2. The van der Waals surface area contributed by atoms with E-state index in [-0.39, 0.29) is 18.1 Å². The molecule has 7 nitrogen and oxygen atoms in total. The van der Waals surface area contributed by atoms with E-state index in [1.165, 1.54) is 0 Å². The summed E-state index contributed by atoms with van der Waals surface area (Å²) in [5.74, 6) is -0.559. The Kier molecular flexibility index (Phi) is 5.48. The molecule has 1 saturated heterocycles. The highest BCUT2D eigenvalue weighted by molar-refractivity contribution is 7.92. The second-order valence-electron chi connectivity index (χ2n) is 6.68. The number of rotatable bonds is 5. The lowest BCUT2D eigenvalue weighted by atomic mass is 10.1. The van der Waals surface area contributed by atoms with Gasteiger partial charge in [0.25, 0.3) is 0 Å². The van der Waals surface area contributed by atoms with Crippen molar-refractivity contribution in [3.05, 3.63) is 28.8 Å². The number of amides is 1. The molecule has 1 amide bonds. The minimum Gasteiger partial charge on any atom is -0.351 e. The lowest BCUT2D eigenvalue weighted by molar-refractivity contribution is -0.120. The molecule has 1 unspecified atom stereocenters. The normalized spacial score (nSPS) is 19.6. The van der Waals surface area contributed by atoms with Crippen LogP contribution in [0.25, 0.3) is 0 Å². The molecule has 1 N–H and O–H groups in total. The van der Waals surface area contributed by atoms with Gasteiger partial charge in [-0.05, 0) is 38.3 Å². The van der Waals surface area contributed by atoms with Crippen LogP contribution < -0.4 is 9.62 Å². The predicted octanol–water partition coefficient (Wildman–Crippen LogP) is 0.681. The van der Waals surface area contributed by atoms with E-state index in [4.69, 9.17) is 0 Å². The fraction of sp³-hybridized carbons (Fsp3) is 0.562. The van der Waals surface area contributed by atoms with Gasteiger partial charge < -0.3 is 5.32 Å². The van der Waals surface area contributed by atoms with E-state index in [2.05, 4.69) is 5.32 Å². The van der Waals surface area contributed by atoms with Gasteiger partial charge in [-0.1, -0.05) is 17.7 Å². The van der Waals surface area contributed by atoms with Crippen molar-refractivity contribution < 1.29 is 21.6 Å². The van der Waals surface area contributed by atoms with Gasteiger partial charge in [-0.15, -0.1) is 0 Å².